The van der Waals surface area contributed by atoms with Gasteiger partial charge in [0.1, 0.15) is 12.4 Å². The second-order valence-electron chi connectivity index (χ2n) is 6.09. The van der Waals surface area contributed by atoms with E-state index in [2.05, 4.69) is 57.4 Å². The van der Waals surface area contributed by atoms with E-state index in [1.54, 1.807) is 0 Å². The van der Waals surface area contributed by atoms with Crippen LogP contribution in [0.3, 0.4) is 0 Å². The third-order valence-corrected chi connectivity index (χ3v) is 5.11. The smallest absolute Gasteiger partial charge is 0.277 e. The minimum absolute atomic E-state index is 0.0102. The Morgan fingerprint density at radius 3 is 2.45 bits per heavy atom. The van der Waals surface area contributed by atoms with Gasteiger partial charge in [-0.1, -0.05) is 30.3 Å². The maximum atomic E-state index is 11.8. The summed E-state index contributed by atoms with van der Waals surface area (Å²) >= 11 is 7.14. The van der Waals surface area contributed by atoms with Gasteiger partial charge in [0.25, 0.3) is 5.91 Å². The highest BCUT2D eigenvalue weighted by Gasteiger charge is 2.15. The Kier molecular flexibility index (Phi) is 7.62. The minimum atomic E-state index is -0.420. The van der Waals surface area contributed by atoms with Crippen molar-refractivity contribution in [3.05, 3.63) is 68.2 Å². The second kappa shape index (κ2) is 10.4. The zero-order valence-electron chi connectivity index (χ0n) is 15.3. The molecule has 4 N–H and O–H groups in total. The number of nitrogens with one attached hydrogen (secondary N) is 2. The van der Waals surface area contributed by atoms with Crippen LogP contribution in [0.1, 0.15) is 21.6 Å². The van der Waals surface area contributed by atoms with Crippen LogP contribution in [0.25, 0.3) is 0 Å². The molecule has 0 unspecified atom stereocenters. The fourth-order valence-electron chi connectivity index (χ4n) is 2.52. The van der Waals surface area contributed by atoms with Crippen molar-refractivity contribution in [1.29, 1.82) is 0 Å². The van der Waals surface area contributed by atoms with Gasteiger partial charge in [0.05, 0.1) is 8.95 Å². The lowest BCUT2D eigenvalue weighted by molar-refractivity contribution is 0.0944. The number of nitrogens with zero attached hydrogens (tertiary/aromatic N) is 2. The second-order valence-corrected chi connectivity index (χ2v) is 7.80. The van der Waals surface area contributed by atoms with Crippen LogP contribution < -0.4 is 21.1 Å². The molecule has 3 aromatic rings. The van der Waals surface area contributed by atoms with E-state index < -0.39 is 5.91 Å². The molecular weight excluding hydrogens is 506 g/mol. The molecule has 0 aliphatic carbocycles. The summed E-state index contributed by atoms with van der Waals surface area (Å²) in [6.07, 6.45) is 0. The highest BCUT2D eigenvalue weighted by atomic mass is 79.9. The van der Waals surface area contributed by atoms with Crippen LogP contribution in [0, 0.1) is 0 Å². The molecule has 8 nitrogen and oxygen atoms in total. The molecule has 1 heterocycles. The van der Waals surface area contributed by atoms with Gasteiger partial charge >= 0.3 is 0 Å². The molecule has 1 aromatic heterocycles. The lowest BCUT2D eigenvalue weighted by atomic mass is 10.2. The first-order valence-corrected chi connectivity index (χ1v) is 10.3. The van der Waals surface area contributed by atoms with E-state index in [9.17, 15) is 4.79 Å². The van der Waals surface area contributed by atoms with Crippen molar-refractivity contribution in [3.63, 3.8) is 0 Å². The summed E-state index contributed by atoms with van der Waals surface area (Å²) in [5.74, 6) is 0.305. The number of rotatable bonds is 9. The van der Waals surface area contributed by atoms with E-state index in [0.717, 1.165) is 25.8 Å². The van der Waals surface area contributed by atoms with Crippen LogP contribution in [0.4, 0.5) is 5.82 Å². The van der Waals surface area contributed by atoms with E-state index in [1.807, 2.05) is 42.5 Å². The van der Waals surface area contributed by atoms with Crippen molar-refractivity contribution < 1.29 is 14.2 Å². The number of anilines is 1. The van der Waals surface area contributed by atoms with Gasteiger partial charge in [-0.2, -0.15) is 0 Å². The van der Waals surface area contributed by atoms with E-state index in [-0.39, 0.29) is 11.5 Å². The Bertz CT molecular complexity index is 942. The molecule has 1 amide bonds. The summed E-state index contributed by atoms with van der Waals surface area (Å²) < 4.78 is 12.1. The highest BCUT2D eigenvalue weighted by Crippen LogP contribution is 2.35. The van der Waals surface area contributed by atoms with Gasteiger partial charge in [-0.05, 0) is 65.4 Å². The first-order chi connectivity index (χ1) is 14.0. The van der Waals surface area contributed by atoms with Crippen molar-refractivity contribution in [3.8, 4) is 5.75 Å². The fourth-order valence-corrected chi connectivity index (χ4v) is 4.03. The summed E-state index contributed by atoms with van der Waals surface area (Å²) in [5.41, 5.74) is 7.63. The number of hydrogen-bond donors (Lipinski definition) is 3. The lowest BCUT2D eigenvalue weighted by Gasteiger charge is -2.13. The van der Waals surface area contributed by atoms with Crippen LogP contribution in [-0.2, 0) is 13.2 Å². The summed E-state index contributed by atoms with van der Waals surface area (Å²) in [7, 11) is 0. The molecule has 0 radical (unpaired) electrons. The van der Waals surface area contributed by atoms with Crippen molar-refractivity contribution in [2.75, 3.05) is 18.8 Å². The van der Waals surface area contributed by atoms with Crippen LogP contribution >= 0.6 is 31.9 Å². The average molecular weight is 525 g/mol. The summed E-state index contributed by atoms with van der Waals surface area (Å²) in [4.78, 5) is 11.8. The van der Waals surface area contributed by atoms with E-state index in [0.29, 0.717) is 26.2 Å². The SMILES string of the molecule is Nc1nonc1C(=O)NCCNCc1cc(Br)c(OCc2ccccc2)c(Br)c1. The number of nitrogen functional groups attached to an aromatic ring is 1. The largest absolute Gasteiger partial charge is 0.487 e. The van der Waals surface area contributed by atoms with E-state index >= 15 is 0 Å². The topological polar surface area (TPSA) is 115 Å². The molecule has 0 saturated heterocycles. The van der Waals surface area contributed by atoms with Crippen LogP contribution in [0.15, 0.2) is 56.0 Å². The Morgan fingerprint density at radius 1 is 1.07 bits per heavy atom. The standard InChI is InChI=1S/C19H19Br2N5O3/c20-14-8-13(9-15(21)17(14)28-11-12-4-2-1-3-5-12)10-23-6-7-24-19(27)16-18(22)26-29-25-16/h1-5,8-9,23H,6-7,10-11H2,(H2,22,26)(H,24,27). The number of carbonyl (C=O) groups excluding carboxylic acids is 1. The molecule has 0 fully saturated rings. The van der Waals surface area contributed by atoms with Gasteiger partial charge in [0, 0.05) is 19.6 Å². The normalized spacial score (nSPS) is 10.7. The van der Waals surface area contributed by atoms with Crippen LogP contribution in [0.5, 0.6) is 5.75 Å². The molecule has 152 valence electrons. The first-order valence-electron chi connectivity index (χ1n) is 8.76. The third-order valence-electron chi connectivity index (χ3n) is 3.93. The number of benzene rings is 2. The zero-order valence-corrected chi connectivity index (χ0v) is 18.5. The van der Waals surface area contributed by atoms with Crippen LogP contribution in [0.2, 0.25) is 0 Å². The zero-order chi connectivity index (χ0) is 20.6. The van der Waals surface area contributed by atoms with Gasteiger partial charge in [0.15, 0.2) is 0 Å². The van der Waals surface area contributed by atoms with Crippen molar-refractivity contribution >= 4 is 43.6 Å². The molecule has 0 bridgehead atoms. The van der Waals surface area contributed by atoms with E-state index in [4.69, 9.17) is 10.5 Å². The summed E-state index contributed by atoms with van der Waals surface area (Å²) in [6.45, 7) is 2.09. The molecule has 3 rings (SSSR count). The number of aromatic nitrogens is 2. The summed E-state index contributed by atoms with van der Waals surface area (Å²) in [5, 5.41) is 12.8. The molecule has 0 aliphatic heterocycles. The van der Waals surface area contributed by atoms with Gasteiger partial charge in [0.2, 0.25) is 11.5 Å². The molecule has 0 spiro atoms. The molecule has 29 heavy (non-hydrogen) atoms. The Hall–Kier alpha value is -2.43. The van der Waals surface area contributed by atoms with E-state index in [1.165, 1.54) is 0 Å². The van der Waals surface area contributed by atoms with Gasteiger partial charge in [-0.3, -0.25) is 4.79 Å². The highest BCUT2D eigenvalue weighted by molar-refractivity contribution is 9.11. The molecule has 10 heteroatoms. The van der Waals surface area contributed by atoms with Gasteiger partial charge < -0.3 is 21.1 Å². The number of amides is 1. The molecule has 2 aromatic carbocycles. The van der Waals surface area contributed by atoms with Crippen molar-refractivity contribution in [1.82, 2.24) is 20.9 Å². The number of carbonyl (C=O) groups is 1. The fraction of sp³-hybridized carbons (Fsp3) is 0.211. The molecular formula is C19H19Br2N5O3. The molecule has 0 saturated carbocycles. The number of hydrogen-bond acceptors (Lipinski definition) is 7. The average Bonchev–Trinajstić information content (AvgIpc) is 3.14. The number of halogens is 2. The first kappa shape index (κ1) is 21.3. The maximum Gasteiger partial charge on any atom is 0.277 e. The third kappa shape index (κ3) is 6.02. The van der Waals surface area contributed by atoms with Gasteiger partial charge in [-0.25, -0.2) is 4.63 Å². The molecule has 0 aliphatic rings. The van der Waals surface area contributed by atoms with Crippen molar-refractivity contribution in [2.45, 2.75) is 13.2 Å². The van der Waals surface area contributed by atoms with Gasteiger partial charge in [-0.15, -0.1) is 0 Å². The number of ether oxygens (including phenoxy) is 1. The predicted octanol–water partition coefficient (Wildman–Crippen LogP) is 3.28. The summed E-state index contributed by atoms with van der Waals surface area (Å²) in [6, 6.07) is 14.0. The monoisotopic (exact) mass is 523 g/mol. The maximum absolute atomic E-state index is 11.8. The van der Waals surface area contributed by atoms with Crippen molar-refractivity contribution in [2.24, 2.45) is 0 Å². The Balaban J connectivity index is 1.45. The lowest BCUT2D eigenvalue weighted by Crippen LogP contribution is -2.32. The predicted molar refractivity (Wildman–Crippen MR) is 115 cm³/mol. The Morgan fingerprint density at radius 2 is 1.79 bits per heavy atom. The van der Waals surface area contributed by atoms with Crippen LogP contribution in [-0.4, -0.2) is 29.3 Å². The molecule has 0 atom stereocenters. The number of nitrogens with two attached hydrogens (primary N) is 1. The Labute approximate surface area is 184 Å². The minimum Gasteiger partial charge on any atom is -0.487 e. The quantitative estimate of drug-likeness (QED) is 0.368.